The number of hydrogen-bond acceptors (Lipinski definition) is 3. The third-order valence-electron chi connectivity index (χ3n) is 4.91. The second kappa shape index (κ2) is 10.8. The van der Waals surface area contributed by atoms with Crippen molar-refractivity contribution < 1.29 is 17.6 Å². The average Bonchev–Trinajstić information content (AvgIpc) is 2.66. The molecule has 9 heteroatoms. The maximum Gasteiger partial charge on any atom is 0.416 e. The van der Waals surface area contributed by atoms with Crippen LogP contribution in [0.2, 0.25) is 0 Å². The molecule has 0 bridgehead atoms. The highest BCUT2D eigenvalue weighted by atomic mass is 19.4. The van der Waals surface area contributed by atoms with Gasteiger partial charge < -0.3 is 20.4 Å². The Morgan fingerprint density at radius 2 is 1.86 bits per heavy atom. The van der Waals surface area contributed by atoms with E-state index in [1.807, 2.05) is 6.92 Å². The van der Waals surface area contributed by atoms with Gasteiger partial charge in [-0.25, -0.2) is 9.38 Å². The predicted molar refractivity (Wildman–Crippen MR) is 107 cm³/mol. The third-order valence-corrected chi connectivity index (χ3v) is 4.91. The van der Waals surface area contributed by atoms with E-state index in [1.54, 1.807) is 0 Å². The summed E-state index contributed by atoms with van der Waals surface area (Å²) in [7, 11) is 2.12. The summed E-state index contributed by atoms with van der Waals surface area (Å²) >= 11 is 0. The lowest BCUT2D eigenvalue weighted by Crippen LogP contribution is -2.47. The maximum absolute atomic E-state index is 13.3. The van der Waals surface area contributed by atoms with Crippen LogP contribution in [0.5, 0.6) is 0 Å². The second-order valence-electron chi connectivity index (χ2n) is 7.58. The van der Waals surface area contributed by atoms with Gasteiger partial charge in [0.1, 0.15) is 5.82 Å². The van der Waals surface area contributed by atoms with Crippen LogP contribution in [0.1, 0.15) is 25.0 Å². The van der Waals surface area contributed by atoms with Gasteiger partial charge in [-0.2, -0.15) is 13.2 Å². The fraction of sp³-hybridized carbons (Fsp3) is 0.650. The Balaban J connectivity index is 1.94. The minimum Gasteiger partial charge on any atom is -0.357 e. The number of nitrogens with zero attached hydrogens (tertiary/aromatic N) is 3. The summed E-state index contributed by atoms with van der Waals surface area (Å²) in [4.78, 5) is 8.99. The van der Waals surface area contributed by atoms with Gasteiger partial charge in [0.05, 0.1) is 12.1 Å². The maximum atomic E-state index is 13.3. The summed E-state index contributed by atoms with van der Waals surface area (Å²) in [6.45, 7) is 10.3. The molecule has 2 rings (SSSR count). The molecule has 0 radical (unpaired) electrons. The molecule has 0 saturated carbocycles. The van der Waals surface area contributed by atoms with Crippen molar-refractivity contribution in [1.29, 1.82) is 0 Å². The minimum atomic E-state index is -4.62. The van der Waals surface area contributed by atoms with Crippen molar-refractivity contribution in [3.8, 4) is 0 Å². The molecule has 29 heavy (non-hydrogen) atoms. The molecule has 0 aromatic heterocycles. The van der Waals surface area contributed by atoms with Crippen molar-refractivity contribution >= 4 is 5.96 Å². The van der Waals surface area contributed by atoms with Crippen molar-refractivity contribution in [2.24, 2.45) is 10.9 Å². The number of hydrogen-bond donors (Lipinski definition) is 2. The molecular formula is C20H31F4N5. The van der Waals surface area contributed by atoms with Crippen molar-refractivity contribution in [2.45, 2.75) is 26.6 Å². The van der Waals surface area contributed by atoms with Crippen LogP contribution in [0, 0.1) is 11.7 Å². The number of piperazine rings is 1. The fourth-order valence-corrected chi connectivity index (χ4v) is 3.26. The second-order valence-corrected chi connectivity index (χ2v) is 7.58. The van der Waals surface area contributed by atoms with Crippen LogP contribution in [0.4, 0.5) is 17.6 Å². The monoisotopic (exact) mass is 417 g/mol. The zero-order valence-electron chi connectivity index (χ0n) is 17.3. The Morgan fingerprint density at radius 3 is 2.48 bits per heavy atom. The van der Waals surface area contributed by atoms with Crippen LogP contribution in [0.15, 0.2) is 23.2 Å². The summed E-state index contributed by atoms with van der Waals surface area (Å²) in [5.74, 6) is -0.0955. The number of nitrogens with one attached hydrogen (secondary N) is 2. The van der Waals surface area contributed by atoms with Gasteiger partial charge in [-0.15, -0.1) is 0 Å². The molecule has 1 aliphatic heterocycles. The fourth-order valence-electron chi connectivity index (χ4n) is 3.26. The van der Waals surface area contributed by atoms with E-state index in [4.69, 9.17) is 0 Å². The minimum absolute atomic E-state index is 0.0541. The Morgan fingerprint density at radius 1 is 1.17 bits per heavy atom. The molecule has 1 heterocycles. The number of likely N-dealkylation sites (N-methyl/N-ethyl adjacent to an activating group) is 1. The topological polar surface area (TPSA) is 42.9 Å². The SMILES string of the molecule is CCNC(=NCc1ccc(F)cc1C(F)(F)F)NCC(C)CN1CCN(C)CC1. The molecule has 5 nitrogen and oxygen atoms in total. The molecule has 2 N–H and O–H groups in total. The predicted octanol–water partition coefficient (Wildman–Crippen LogP) is 2.78. The summed E-state index contributed by atoms with van der Waals surface area (Å²) < 4.78 is 52.7. The first kappa shape index (κ1) is 23.4. The van der Waals surface area contributed by atoms with Crippen LogP contribution in [0.25, 0.3) is 0 Å². The Bertz CT molecular complexity index is 669. The molecule has 0 spiro atoms. The molecule has 1 aliphatic rings. The lowest BCUT2D eigenvalue weighted by Gasteiger charge is -2.34. The quantitative estimate of drug-likeness (QED) is 0.407. The van der Waals surface area contributed by atoms with Crippen molar-refractivity contribution in [2.75, 3.05) is 52.9 Å². The van der Waals surface area contributed by atoms with E-state index in [1.165, 1.54) is 0 Å². The molecule has 0 amide bonds. The van der Waals surface area contributed by atoms with E-state index in [9.17, 15) is 17.6 Å². The number of alkyl halides is 3. The molecule has 164 valence electrons. The van der Waals surface area contributed by atoms with E-state index in [-0.39, 0.29) is 12.1 Å². The standard InChI is InChI=1S/C20H31F4N5/c1-4-25-19(26-12-15(2)14-29-9-7-28(3)8-10-29)27-13-16-5-6-17(21)11-18(16)20(22,23)24/h5-6,11,15H,4,7-10,12-14H2,1-3H3,(H2,25,26,27). The van der Waals surface area contributed by atoms with Gasteiger partial charge in [0.15, 0.2) is 5.96 Å². The summed E-state index contributed by atoms with van der Waals surface area (Å²) in [6.07, 6.45) is -4.62. The van der Waals surface area contributed by atoms with Crippen LogP contribution in [0.3, 0.4) is 0 Å². The number of guanidine groups is 1. The zero-order valence-corrected chi connectivity index (χ0v) is 17.3. The van der Waals surface area contributed by atoms with Gasteiger partial charge in [-0.05, 0) is 37.6 Å². The van der Waals surface area contributed by atoms with E-state index < -0.39 is 17.6 Å². The van der Waals surface area contributed by atoms with Gasteiger partial charge in [0.2, 0.25) is 0 Å². The van der Waals surface area contributed by atoms with Crippen LogP contribution < -0.4 is 10.6 Å². The smallest absolute Gasteiger partial charge is 0.357 e. The normalized spacial score (nSPS) is 18.0. The van der Waals surface area contributed by atoms with Gasteiger partial charge in [-0.1, -0.05) is 13.0 Å². The summed E-state index contributed by atoms with van der Waals surface area (Å²) in [6, 6.07) is 2.68. The molecular weight excluding hydrogens is 386 g/mol. The van der Waals surface area contributed by atoms with Gasteiger partial charge in [0.25, 0.3) is 0 Å². The largest absolute Gasteiger partial charge is 0.416 e. The molecule has 0 aliphatic carbocycles. The molecule has 1 fully saturated rings. The van der Waals surface area contributed by atoms with E-state index in [2.05, 4.69) is 39.4 Å². The van der Waals surface area contributed by atoms with Crippen LogP contribution >= 0.6 is 0 Å². The molecule has 1 aromatic rings. The number of halogens is 4. The first-order valence-electron chi connectivity index (χ1n) is 9.97. The van der Waals surface area contributed by atoms with Crippen molar-refractivity contribution in [1.82, 2.24) is 20.4 Å². The van der Waals surface area contributed by atoms with Gasteiger partial charge in [-0.3, -0.25) is 0 Å². The first-order valence-corrected chi connectivity index (χ1v) is 9.97. The van der Waals surface area contributed by atoms with Crippen molar-refractivity contribution in [3.63, 3.8) is 0 Å². The third kappa shape index (κ3) is 7.81. The van der Waals surface area contributed by atoms with Gasteiger partial charge >= 0.3 is 6.18 Å². The van der Waals surface area contributed by atoms with Crippen LogP contribution in [-0.4, -0.2) is 68.6 Å². The van der Waals surface area contributed by atoms with Crippen LogP contribution in [-0.2, 0) is 12.7 Å². The van der Waals surface area contributed by atoms with E-state index in [0.29, 0.717) is 31.0 Å². The highest BCUT2D eigenvalue weighted by Crippen LogP contribution is 2.32. The van der Waals surface area contributed by atoms with E-state index in [0.717, 1.165) is 44.9 Å². The molecule has 1 aromatic carbocycles. The first-order chi connectivity index (χ1) is 13.7. The lowest BCUT2D eigenvalue weighted by molar-refractivity contribution is -0.138. The lowest BCUT2D eigenvalue weighted by atomic mass is 10.1. The van der Waals surface area contributed by atoms with Crippen molar-refractivity contribution in [3.05, 3.63) is 35.1 Å². The highest BCUT2D eigenvalue weighted by Gasteiger charge is 2.33. The average molecular weight is 417 g/mol. The Labute approximate surface area is 170 Å². The zero-order chi connectivity index (χ0) is 21.4. The Kier molecular flexibility index (Phi) is 8.70. The number of rotatable bonds is 7. The summed E-state index contributed by atoms with van der Waals surface area (Å²) in [5.41, 5.74) is -1.04. The number of benzene rings is 1. The molecule has 1 saturated heterocycles. The number of aliphatic imine (C=N–C) groups is 1. The van der Waals surface area contributed by atoms with Gasteiger partial charge in [0, 0.05) is 45.8 Å². The molecule has 1 unspecified atom stereocenters. The van der Waals surface area contributed by atoms with E-state index >= 15 is 0 Å². The Hall–Kier alpha value is -1.87. The molecule has 1 atom stereocenters. The summed E-state index contributed by atoms with van der Waals surface area (Å²) in [5, 5.41) is 6.26. The highest BCUT2D eigenvalue weighted by molar-refractivity contribution is 5.79.